The molecule has 0 aliphatic carbocycles. The molecule has 0 fully saturated rings. The zero-order valence-electron chi connectivity index (χ0n) is 11.8. The Morgan fingerprint density at radius 1 is 1.15 bits per heavy atom. The molecule has 0 aromatic heterocycles. The summed E-state index contributed by atoms with van der Waals surface area (Å²) in [6.07, 6.45) is 0.960. The number of hydrogen-bond acceptors (Lipinski definition) is 3. The second-order valence-electron chi connectivity index (χ2n) is 5.18. The number of nitrogens with two attached hydrogens (primary N) is 1. The molecule has 0 amide bonds. The molecule has 2 N–H and O–H groups in total. The minimum Gasteiger partial charge on any atom is -0.487 e. The Bertz CT molecular complexity index is 610. The first-order valence-corrected chi connectivity index (χ1v) is 7.08. The first kappa shape index (κ1) is 13.0. The van der Waals surface area contributed by atoms with Gasteiger partial charge in [-0.05, 0) is 43.7 Å². The van der Waals surface area contributed by atoms with Gasteiger partial charge in [0.15, 0.2) is 0 Å². The lowest BCUT2D eigenvalue weighted by atomic mass is 10.1. The molecule has 2 aromatic rings. The third-order valence-corrected chi connectivity index (χ3v) is 3.66. The fraction of sp³-hybridized carbons (Fsp3) is 0.294. The van der Waals surface area contributed by atoms with E-state index in [1.807, 2.05) is 0 Å². The van der Waals surface area contributed by atoms with Crippen LogP contribution in [0.1, 0.15) is 17.5 Å². The summed E-state index contributed by atoms with van der Waals surface area (Å²) >= 11 is 0. The van der Waals surface area contributed by atoms with Gasteiger partial charge in [-0.25, -0.2) is 0 Å². The van der Waals surface area contributed by atoms with Gasteiger partial charge < -0.3 is 15.4 Å². The fourth-order valence-corrected chi connectivity index (χ4v) is 2.63. The number of rotatable bonds is 3. The van der Waals surface area contributed by atoms with Gasteiger partial charge in [0.1, 0.15) is 12.4 Å². The molecule has 0 saturated carbocycles. The topological polar surface area (TPSA) is 38.5 Å². The minimum absolute atomic E-state index is 0.616. The van der Waals surface area contributed by atoms with Gasteiger partial charge in [-0.15, -0.1) is 0 Å². The van der Waals surface area contributed by atoms with Gasteiger partial charge in [0.25, 0.3) is 0 Å². The Hall–Kier alpha value is -2.00. The van der Waals surface area contributed by atoms with Crippen molar-refractivity contribution in [3.8, 4) is 5.75 Å². The molecule has 3 rings (SSSR count). The van der Waals surface area contributed by atoms with Crippen molar-refractivity contribution in [3.05, 3.63) is 53.6 Å². The maximum Gasteiger partial charge on any atom is 0.143 e. The summed E-state index contributed by atoms with van der Waals surface area (Å²) in [5.74, 6) is 0.948. The number of para-hydroxylation sites is 1. The van der Waals surface area contributed by atoms with E-state index >= 15 is 0 Å². The number of ether oxygens (including phenoxy) is 1. The summed E-state index contributed by atoms with van der Waals surface area (Å²) in [5.41, 5.74) is 10.5. The third kappa shape index (κ3) is 2.37. The van der Waals surface area contributed by atoms with Crippen LogP contribution < -0.4 is 15.4 Å². The van der Waals surface area contributed by atoms with Crippen LogP contribution in [0.15, 0.2) is 42.5 Å². The van der Waals surface area contributed by atoms with Gasteiger partial charge in [0.05, 0.1) is 5.69 Å². The normalized spacial score (nSPS) is 13.2. The van der Waals surface area contributed by atoms with E-state index in [9.17, 15) is 0 Å². The highest BCUT2D eigenvalue weighted by molar-refractivity contribution is 5.73. The fourth-order valence-electron chi connectivity index (χ4n) is 2.63. The van der Waals surface area contributed by atoms with E-state index in [0.29, 0.717) is 13.2 Å². The molecule has 0 saturated heterocycles. The van der Waals surface area contributed by atoms with Crippen molar-refractivity contribution in [2.24, 2.45) is 5.73 Å². The molecular weight excluding hydrogens is 248 g/mol. The van der Waals surface area contributed by atoms with Crippen LogP contribution in [0.4, 0.5) is 11.4 Å². The smallest absolute Gasteiger partial charge is 0.143 e. The Kier molecular flexibility index (Phi) is 3.61. The summed E-state index contributed by atoms with van der Waals surface area (Å²) in [4.78, 5) is 2.33. The van der Waals surface area contributed by atoms with Crippen LogP contribution in [0.3, 0.4) is 0 Å². The molecule has 0 unspecified atom stereocenters. The van der Waals surface area contributed by atoms with Gasteiger partial charge in [-0.3, -0.25) is 0 Å². The molecule has 3 nitrogen and oxygen atoms in total. The average Bonchev–Trinajstić information content (AvgIpc) is 2.62. The summed E-state index contributed by atoms with van der Waals surface area (Å²) in [6.45, 7) is 4.33. The van der Waals surface area contributed by atoms with Gasteiger partial charge in [-0.1, -0.05) is 24.3 Å². The summed E-state index contributed by atoms with van der Waals surface area (Å²) in [6, 6.07) is 14.8. The van der Waals surface area contributed by atoms with Crippen molar-refractivity contribution < 1.29 is 4.74 Å². The lowest BCUT2D eigenvalue weighted by molar-refractivity contribution is 0.310. The predicted octanol–water partition coefficient (Wildman–Crippen LogP) is 3.37. The van der Waals surface area contributed by atoms with Gasteiger partial charge >= 0.3 is 0 Å². The van der Waals surface area contributed by atoms with Gasteiger partial charge in [0.2, 0.25) is 0 Å². The lowest BCUT2D eigenvalue weighted by Gasteiger charge is -2.25. The van der Waals surface area contributed by atoms with Crippen molar-refractivity contribution in [2.75, 3.05) is 18.0 Å². The van der Waals surface area contributed by atoms with Gasteiger partial charge in [-0.2, -0.15) is 0 Å². The molecular formula is C17H20N2O. The number of anilines is 2. The van der Waals surface area contributed by atoms with Crippen molar-refractivity contribution >= 4 is 11.4 Å². The van der Waals surface area contributed by atoms with E-state index in [4.69, 9.17) is 10.5 Å². The molecule has 1 aliphatic heterocycles. The van der Waals surface area contributed by atoms with E-state index in [1.54, 1.807) is 0 Å². The molecule has 104 valence electrons. The Balaban J connectivity index is 2.10. The van der Waals surface area contributed by atoms with Crippen LogP contribution in [-0.2, 0) is 6.61 Å². The molecule has 2 aromatic carbocycles. The zero-order valence-corrected chi connectivity index (χ0v) is 11.8. The maximum atomic E-state index is 5.97. The monoisotopic (exact) mass is 268 g/mol. The van der Waals surface area contributed by atoms with Crippen molar-refractivity contribution in [3.63, 3.8) is 0 Å². The molecule has 1 aliphatic rings. The van der Waals surface area contributed by atoms with Crippen LogP contribution in [0.25, 0.3) is 0 Å². The first-order valence-electron chi connectivity index (χ1n) is 7.08. The predicted molar refractivity (Wildman–Crippen MR) is 82.6 cm³/mol. The minimum atomic E-state index is 0.616. The van der Waals surface area contributed by atoms with Crippen LogP contribution in [0, 0.1) is 6.92 Å². The lowest BCUT2D eigenvalue weighted by Crippen LogP contribution is -2.21. The molecule has 1 heterocycles. The van der Waals surface area contributed by atoms with E-state index in [0.717, 1.165) is 24.4 Å². The third-order valence-electron chi connectivity index (χ3n) is 3.66. The van der Waals surface area contributed by atoms with E-state index in [2.05, 4.69) is 54.3 Å². The Morgan fingerprint density at radius 2 is 2.00 bits per heavy atom. The molecule has 0 atom stereocenters. The number of aryl methyl sites for hydroxylation is 1. The largest absolute Gasteiger partial charge is 0.487 e. The standard InChI is InChI=1S/C17H20N2O/c1-13-7-8-17-16(11-13)19(10-4-9-18)15-6-3-2-5-14(15)12-20-17/h2-3,5-8,11H,4,9-10,12,18H2,1H3. The highest BCUT2D eigenvalue weighted by atomic mass is 16.5. The van der Waals surface area contributed by atoms with Crippen LogP contribution in [0.2, 0.25) is 0 Å². The SMILES string of the molecule is Cc1ccc2c(c1)N(CCCN)c1ccccc1CO2. The van der Waals surface area contributed by atoms with Crippen LogP contribution in [0.5, 0.6) is 5.75 Å². The molecule has 3 heteroatoms. The maximum absolute atomic E-state index is 5.97. The average molecular weight is 268 g/mol. The molecule has 0 bridgehead atoms. The highest BCUT2D eigenvalue weighted by Gasteiger charge is 2.20. The second-order valence-corrected chi connectivity index (χ2v) is 5.18. The summed E-state index contributed by atoms with van der Waals surface area (Å²) in [7, 11) is 0. The molecule has 0 spiro atoms. The van der Waals surface area contributed by atoms with Gasteiger partial charge in [0, 0.05) is 17.8 Å². The highest BCUT2D eigenvalue weighted by Crippen LogP contribution is 2.39. The summed E-state index contributed by atoms with van der Waals surface area (Å²) in [5, 5.41) is 0. The summed E-state index contributed by atoms with van der Waals surface area (Å²) < 4.78 is 5.97. The van der Waals surface area contributed by atoms with E-state index < -0.39 is 0 Å². The number of benzene rings is 2. The van der Waals surface area contributed by atoms with Crippen molar-refractivity contribution in [2.45, 2.75) is 20.0 Å². The second kappa shape index (κ2) is 5.55. The van der Waals surface area contributed by atoms with Crippen molar-refractivity contribution in [1.82, 2.24) is 0 Å². The van der Waals surface area contributed by atoms with E-state index in [-0.39, 0.29) is 0 Å². The quantitative estimate of drug-likeness (QED) is 0.927. The van der Waals surface area contributed by atoms with E-state index in [1.165, 1.54) is 16.8 Å². The zero-order chi connectivity index (χ0) is 13.9. The van der Waals surface area contributed by atoms with Crippen LogP contribution >= 0.6 is 0 Å². The Morgan fingerprint density at radius 3 is 2.85 bits per heavy atom. The number of nitrogens with zero attached hydrogens (tertiary/aromatic N) is 1. The van der Waals surface area contributed by atoms with Crippen LogP contribution in [-0.4, -0.2) is 13.1 Å². The molecule has 20 heavy (non-hydrogen) atoms. The number of fused-ring (bicyclic) bond motifs is 2. The molecule has 0 radical (unpaired) electrons. The number of hydrogen-bond donors (Lipinski definition) is 1. The van der Waals surface area contributed by atoms with Crippen molar-refractivity contribution in [1.29, 1.82) is 0 Å². The Labute approximate surface area is 120 Å². The first-order chi connectivity index (χ1) is 9.79.